The van der Waals surface area contributed by atoms with Gasteiger partial charge in [0.05, 0.1) is 30.6 Å². The van der Waals surface area contributed by atoms with Gasteiger partial charge < -0.3 is 21.5 Å². The molecule has 5 N–H and O–H groups in total. The van der Waals surface area contributed by atoms with Crippen LogP contribution in [0.2, 0.25) is 0 Å². The van der Waals surface area contributed by atoms with E-state index in [-0.39, 0.29) is 60.2 Å². The average molecular weight is 495 g/mol. The molecule has 0 fully saturated rings. The quantitative estimate of drug-likeness (QED) is 0.374. The molecular formula is C22H28Cl2N6O3. The summed E-state index contributed by atoms with van der Waals surface area (Å²) in [5.41, 5.74) is 8.57. The van der Waals surface area contributed by atoms with Crippen molar-refractivity contribution in [2.24, 2.45) is 0 Å². The molecule has 0 aliphatic rings. The maximum atomic E-state index is 13.1. The first-order valence-corrected chi connectivity index (χ1v) is 9.91. The van der Waals surface area contributed by atoms with Crippen LogP contribution >= 0.6 is 24.8 Å². The van der Waals surface area contributed by atoms with Gasteiger partial charge in [0.25, 0.3) is 5.56 Å². The van der Waals surface area contributed by atoms with Gasteiger partial charge in [-0.25, -0.2) is 9.97 Å². The van der Waals surface area contributed by atoms with E-state index in [1.807, 2.05) is 30.3 Å². The molecule has 0 unspecified atom stereocenters. The molecule has 9 nitrogen and oxygen atoms in total. The fraction of sp³-hybridized carbons (Fsp3) is 0.273. The number of aliphatic hydroxyl groups excluding tert-OH is 1. The number of amides is 1. The number of hydrogen-bond acceptors (Lipinski definition) is 7. The molecule has 178 valence electrons. The van der Waals surface area contributed by atoms with Crippen LogP contribution in [0.4, 0.5) is 11.5 Å². The zero-order valence-electron chi connectivity index (χ0n) is 18.4. The molecule has 2 aromatic heterocycles. The lowest BCUT2D eigenvalue weighted by molar-refractivity contribution is -0.119. The molecule has 33 heavy (non-hydrogen) atoms. The van der Waals surface area contributed by atoms with E-state index >= 15 is 0 Å². The van der Waals surface area contributed by atoms with Crippen LogP contribution in [-0.4, -0.2) is 39.1 Å². The van der Waals surface area contributed by atoms with Crippen LogP contribution in [0.5, 0.6) is 0 Å². The van der Waals surface area contributed by atoms with Gasteiger partial charge in [0.2, 0.25) is 5.91 Å². The monoisotopic (exact) mass is 494 g/mol. The highest BCUT2D eigenvalue weighted by atomic mass is 35.5. The van der Waals surface area contributed by atoms with Crippen molar-refractivity contribution in [2.75, 3.05) is 24.6 Å². The second-order valence-electron chi connectivity index (χ2n) is 7.05. The van der Waals surface area contributed by atoms with E-state index < -0.39 is 12.2 Å². The van der Waals surface area contributed by atoms with Crippen LogP contribution in [0.15, 0.2) is 47.4 Å². The van der Waals surface area contributed by atoms with Gasteiger partial charge in [0.15, 0.2) is 11.6 Å². The highest BCUT2D eigenvalue weighted by molar-refractivity contribution is 5.85. The van der Waals surface area contributed by atoms with E-state index in [4.69, 9.17) is 5.73 Å². The van der Waals surface area contributed by atoms with E-state index in [0.29, 0.717) is 17.8 Å². The summed E-state index contributed by atoms with van der Waals surface area (Å²) in [7, 11) is 1.55. The van der Waals surface area contributed by atoms with Gasteiger partial charge in [0, 0.05) is 19.3 Å². The second kappa shape index (κ2) is 12.8. The third-order valence-electron chi connectivity index (χ3n) is 4.91. The number of likely N-dealkylation sites (N-methyl/N-ethyl adjacent to an activating group) is 1. The van der Waals surface area contributed by atoms with Gasteiger partial charge in [-0.2, -0.15) is 0 Å². The summed E-state index contributed by atoms with van der Waals surface area (Å²) in [6.45, 7) is 1.84. The molecule has 3 rings (SSSR count). The number of anilines is 2. The molecule has 3 aromatic rings. The molecule has 1 amide bonds. The second-order valence-corrected chi connectivity index (χ2v) is 7.05. The number of benzene rings is 1. The number of nitrogens with one attached hydrogen (secondary N) is 2. The summed E-state index contributed by atoms with van der Waals surface area (Å²) < 4.78 is 1.25. The molecule has 0 aliphatic heterocycles. The summed E-state index contributed by atoms with van der Waals surface area (Å²) in [5.74, 6) is 0.168. The zero-order valence-corrected chi connectivity index (χ0v) is 20.0. The number of nitrogens with zero attached hydrogens (tertiary/aromatic N) is 3. The van der Waals surface area contributed by atoms with Crippen molar-refractivity contribution in [3.63, 3.8) is 0 Å². The van der Waals surface area contributed by atoms with E-state index in [0.717, 1.165) is 12.0 Å². The molecule has 11 heteroatoms. The zero-order chi connectivity index (χ0) is 22.4. The standard InChI is InChI=1S/C22H26N6O3.2ClH/c1-14-16(11-19(30)24-2)10-18(23)21(27-14)28-17(13-29)12-26-20(22(28)31)25-9-8-15-6-4-3-5-7-15;;/h3-7,10,12,29H,8-9,11,13,23H2,1-2H3,(H,24,30)(H,25,26);2*1H. The molecule has 1 aromatic carbocycles. The lowest BCUT2D eigenvalue weighted by Crippen LogP contribution is -2.29. The predicted octanol–water partition coefficient (Wildman–Crippen LogP) is 1.80. The van der Waals surface area contributed by atoms with Crippen molar-refractivity contribution in [1.29, 1.82) is 0 Å². The number of rotatable bonds is 8. The fourth-order valence-corrected chi connectivity index (χ4v) is 3.19. The summed E-state index contributed by atoms with van der Waals surface area (Å²) in [5, 5.41) is 15.4. The smallest absolute Gasteiger partial charge is 0.299 e. The summed E-state index contributed by atoms with van der Waals surface area (Å²) in [4.78, 5) is 33.5. The van der Waals surface area contributed by atoms with Crippen LogP contribution < -0.4 is 21.9 Å². The first kappa shape index (κ1) is 27.9. The fourth-order valence-electron chi connectivity index (χ4n) is 3.19. The normalized spacial score (nSPS) is 10.0. The van der Waals surface area contributed by atoms with Crippen LogP contribution in [0.1, 0.15) is 22.5 Å². The molecule has 2 heterocycles. The number of carbonyl (C=O) groups is 1. The molecule has 0 saturated heterocycles. The molecule has 0 radical (unpaired) electrons. The molecule has 0 atom stereocenters. The molecule has 0 saturated carbocycles. The third kappa shape index (κ3) is 6.67. The van der Waals surface area contributed by atoms with Gasteiger partial charge in [-0.05, 0) is 30.5 Å². The molecule has 0 spiro atoms. The van der Waals surface area contributed by atoms with Crippen molar-refractivity contribution in [3.05, 3.63) is 75.5 Å². The minimum atomic E-state index is -0.461. The lowest BCUT2D eigenvalue weighted by Gasteiger charge is -2.16. The van der Waals surface area contributed by atoms with E-state index in [9.17, 15) is 14.7 Å². The van der Waals surface area contributed by atoms with Crippen LogP contribution in [0.25, 0.3) is 5.82 Å². The Morgan fingerprint density at radius 1 is 1.21 bits per heavy atom. The Bertz CT molecular complexity index is 1140. The third-order valence-corrected chi connectivity index (χ3v) is 4.91. The SMILES string of the molecule is CNC(=O)Cc1cc(N)c(-n2c(CO)cnc(NCCc3ccccc3)c2=O)nc1C.Cl.Cl. The van der Waals surface area contributed by atoms with Crippen molar-refractivity contribution in [3.8, 4) is 5.82 Å². The van der Waals surface area contributed by atoms with Gasteiger partial charge >= 0.3 is 0 Å². The Morgan fingerprint density at radius 2 is 1.91 bits per heavy atom. The van der Waals surface area contributed by atoms with Crippen LogP contribution in [0.3, 0.4) is 0 Å². The highest BCUT2D eigenvalue weighted by Gasteiger charge is 2.17. The van der Waals surface area contributed by atoms with Crippen molar-refractivity contribution >= 4 is 42.2 Å². The van der Waals surface area contributed by atoms with Crippen molar-refractivity contribution in [2.45, 2.75) is 26.4 Å². The van der Waals surface area contributed by atoms with Crippen molar-refractivity contribution < 1.29 is 9.90 Å². The Hall–Kier alpha value is -3.14. The number of nitrogens with two attached hydrogens (primary N) is 1. The number of hydrogen-bond donors (Lipinski definition) is 4. The minimum absolute atomic E-state index is 0. The number of halogens is 2. The van der Waals surface area contributed by atoms with Gasteiger partial charge in [-0.1, -0.05) is 30.3 Å². The van der Waals surface area contributed by atoms with Gasteiger partial charge in [-0.3, -0.25) is 14.2 Å². The molecular weight excluding hydrogens is 467 g/mol. The number of aromatic nitrogens is 3. The number of pyridine rings is 1. The summed E-state index contributed by atoms with van der Waals surface area (Å²) in [6, 6.07) is 11.5. The Labute approximate surface area is 204 Å². The van der Waals surface area contributed by atoms with E-state index in [1.54, 1.807) is 20.0 Å². The van der Waals surface area contributed by atoms with Crippen LogP contribution in [0, 0.1) is 6.92 Å². The van der Waals surface area contributed by atoms with E-state index in [2.05, 4.69) is 20.6 Å². The van der Waals surface area contributed by atoms with Gasteiger partial charge in [-0.15, -0.1) is 24.8 Å². The Morgan fingerprint density at radius 3 is 2.55 bits per heavy atom. The summed E-state index contributed by atoms with van der Waals surface area (Å²) in [6.07, 6.45) is 2.27. The van der Waals surface area contributed by atoms with Crippen LogP contribution in [-0.2, 0) is 24.2 Å². The predicted molar refractivity (Wildman–Crippen MR) is 134 cm³/mol. The van der Waals surface area contributed by atoms with Crippen molar-refractivity contribution in [1.82, 2.24) is 19.9 Å². The Kier molecular flexibility index (Phi) is 10.8. The first-order chi connectivity index (χ1) is 14.9. The lowest BCUT2D eigenvalue weighted by atomic mass is 10.1. The molecule has 0 bridgehead atoms. The summed E-state index contributed by atoms with van der Waals surface area (Å²) >= 11 is 0. The minimum Gasteiger partial charge on any atom is -0.396 e. The Balaban J connectivity index is 0.00000272. The molecule has 0 aliphatic carbocycles. The van der Waals surface area contributed by atoms with E-state index in [1.165, 1.54) is 10.8 Å². The van der Waals surface area contributed by atoms with Gasteiger partial charge in [0.1, 0.15) is 0 Å². The number of carbonyl (C=O) groups excluding carboxylic acids is 1. The maximum absolute atomic E-state index is 13.1. The highest BCUT2D eigenvalue weighted by Crippen LogP contribution is 2.20. The topological polar surface area (TPSA) is 135 Å². The maximum Gasteiger partial charge on any atom is 0.299 e. The number of nitrogen functional groups attached to an aromatic ring is 1. The average Bonchev–Trinajstić information content (AvgIpc) is 2.77. The largest absolute Gasteiger partial charge is 0.396 e. The first-order valence-electron chi connectivity index (χ1n) is 9.91. The number of aliphatic hydroxyl groups is 1. The number of aryl methyl sites for hydroxylation is 1.